The van der Waals surface area contributed by atoms with Gasteiger partial charge in [-0.3, -0.25) is 14.9 Å². The Morgan fingerprint density at radius 1 is 1.23 bits per heavy atom. The minimum Gasteiger partial charge on any atom is -0.388 e. The summed E-state index contributed by atoms with van der Waals surface area (Å²) >= 11 is 0. The monoisotopic (exact) mass is 358 g/mol. The summed E-state index contributed by atoms with van der Waals surface area (Å²) in [6.45, 7) is -0.504. The van der Waals surface area contributed by atoms with Gasteiger partial charge in [-0.1, -0.05) is 12.1 Å². The number of anilines is 1. The van der Waals surface area contributed by atoms with Gasteiger partial charge in [-0.25, -0.2) is 9.18 Å². The van der Waals surface area contributed by atoms with Gasteiger partial charge in [0.25, 0.3) is 5.69 Å². The molecule has 0 fully saturated rings. The van der Waals surface area contributed by atoms with Crippen LogP contribution in [0.5, 0.6) is 0 Å². The smallest absolute Gasteiger partial charge is 0.388 e. The Balaban J connectivity index is 1.77. The van der Waals surface area contributed by atoms with Gasteiger partial charge in [0.15, 0.2) is 0 Å². The average Bonchev–Trinajstić information content (AvgIpc) is 2.96. The molecule has 0 bridgehead atoms. The number of amides is 1. The first kappa shape index (κ1) is 17.0. The highest BCUT2D eigenvalue weighted by Gasteiger charge is 2.17. The quantitative estimate of drug-likeness (QED) is 0.551. The molecule has 0 spiro atoms. The van der Waals surface area contributed by atoms with Crippen molar-refractivity contribution in [3.8, 4) is 11.5 Å². The fraction of sp³-hybridized carbons (Fsp3) is 0.0625. The van der Waals surface area contributed by atoms with E-state index in [0.717, 1.165) is 4.68 Å². The molecule has 132 valence electrons. The highest BCUT2D eigenvalue weighted by atomic mass is 19.1. The topological polar surface area (TPSA) is 120 Å². The molecular weight excluding hydrogens is 347 g/mol. The van der Waals surface area contributed by atoms with Gasteiger partial charge in [0.1, 0.15) is 18.0 Å². The molecule has 9 nitrogen and oxygen atoms in total. The second-order valence-corrected chi connectivity index (χ2v) is 5.16. The largest absolute Gasteiger partial charge is 0.437 e. The number of nitrogens with one attached hydrogen (secondary N) is 1. The van der Waals surface area contributed by atoms with E-state index >= 15 is 0 Å². The van der Waals surface area contributed by atoms with Gasteiger partial charge in [0.2, 0.25) is 11.8 Å². The lowest BCUT2D eigenvalue weighted by atomic mass is 10.2. The van der Waals surface area contributed by atoms with Crippen LogP contribution in [0.3, 0.4) is 0 Å². The van der Waals surface area contributed by atoms with E-state index in [1.807, 2.05) is 0 Å². The third kappa shape index (κ3) is 3.64. The number of hydrogen-bond donors (Lipinski definition) is 1. The number of nitro benzene ring substituents is 1. The first-order valence-corrected chi connectivity index (χ1v) is 7.31. The Bertz CT molecular complexity index is 1030. The van der Waals surface area contributed by atoms with Crippen molar-refractivity contribution in [2.75, 3.05) is 5.32 Å². The van der Waals surface area contributed by atoms with Gasteiger partial charge >= 0.3 is 5.76 Å². The Kier molecular flexibility index (Phi) is 4.56. The lowest BCUT2D eigenvalue weighted by Crippen LogP contribution is -2.26. The van der Waals surface area contributed by atoms with E-state index in [4.69, 9.17) is 4.42 Å². The van der Waals surface area contributed by atoms with Crippen LogP contribution in [0.2, 0.25) is 0 Å². The van der Waals surface area contributed by atoms with Crippen molar-refractivity contribution in [3.05, 3.63) is 75.0 Å². The molecule has 10 heteroatoms. The van der Waals surface area contributed by atoms with Crippen LogP contribution in [0.1, 0.15) is 0 Å². The lowest BCUT2D eigenvalue weighted by Gasteiger charge is -2.04. The maximum Gasteiger partial charge on any atom is 0.437 e. The van der Waals surface area contributed by atoms with Gasteiger partial charge in [-0.2, -0.15) is 4.68 Å². The molecule has 0 aliphatic carbocycles. The van der Waals surface area contributed by atoms with E-state index in [1.165, 1.54) is 48.5 Å². The molecule has 1 amide bonds. The molecule has 26 heavy (non-hydrogen) atoms. The first-order valence-electron chi connectivity index (χ1n) is 7.31. The number of carbonyl (C=O) groups is 1. The zero-order valence-corrected chi connectivity index (χ0v) is 13.1. The van der Waals surface area contributed by atoms with Gasteiger partial charge in [-0.15, -0.1) is 5.10 Å². The van der Waals surface area contributed by atoms with Gasteiger partial charge in [0.05, 0.1) is 4.92 Å². The summed E-state index contributed by atoms with van der Waals surface area (Å²) in [5, 5.41) is 17.2. The van der Waals surface area contributed by atoms with E-state index in [2.05, 4.69) is 10.4 Å². The first-order chi connectivity index (χ1) is 12.4. The van der Waals surface area contributed by atoms with Crippen LogP contribution in [0, 0.1) is 15.9 Å². The average molecular weight is 358 g/mol. The van der Waals surface area contributed by atoms with Crippen molar-refractivity contribution in [3.63, 3.8) is 0 Å². The molecule has 0 aliphatic heterocycles. The molecule has 0 saturated carbocycles. The fourth-order valence-electron chi connectivity index (χ4n) is 2.18. The van der Waals surface area contributed by atoms with E-state index in [9.17, 15) is 24.1 Å². The van der Waals surface area contributed by atoms with Crippen molar-refractivity contribution in [1.29, 1.82) is 0 Å². The normalized spacial score (nSPS) is 10.5. The Morgan fingerprint density at radius 2 is 1.92 bits per heavy atom. The van der Waals surface area contributed by atoms with Crippen LogP contribution in [0.15, 0.2) is 57.7 Å². The SMILES string of the molecule is O=C(Cn1nc(-c2ccc(F)cc2)oc1=O)Nc1ccccc1[N+](=O)[O-]. The number of nitro groups is 1. The number of halogens is 1. The molecule has 0 radical (unpaired) electrons. The number of aromatic nitrogens is 2. The van der Waals surface area contributed by atoms with E-state index < -0.39 is 28.9 Å². The predicted molar refractivity (Wildman–Crippen MR) is 87.9 cm³/mol. The number of nitrogens with zero attached hydrogens (tertiary/aromatic N) is 3. The maximum atomic E-state index is 12.9. The molecule has 0 aliphatic rings. The van der Waals surface area contributed by atoms with Crippen LogP contribution < -0.4 is 11.1 Å². The van der Waals surface area contributed by atoms with E-state index in [1.54, 1.807) is 0 Å². The fourth-order valence-corrected chi connectivity index (χ4v) is 2.18. The summed E-state index contributed by atoms with van der Waals surface area (Å²) in [6.07, 6.45) is 0. The van der Waals surface area contributed by atoms with Crippen molar-refractivity contribution >= 4 is 17.3 Å². The molecule has 0 atom stereocenters. The minimum atomic E-state index is -0.887. The molecular formula is C16H11FN4O5. The molecule has 1 heterocycles. The Hall–Kier alpha value is -3.82. The Morgan fingerprint density at radius 3 is 2.62 bits per heavy atom. The number of hydrogen-bond acceptors (Lipinski definition) is 6. The number of para-hydroxylation sites is 2. The minimum absolute atomic E-state index is 0.00204. The second kappa shape index (κ2) is 6.97. The number of rotatable bonds is 5. The van der Waals surface area contributed by atoms with Crippen LogP contribution in [0.25, 0.3) is 11.5 Å². The summed E-state index contributed by atoms with van der Waals surface area (Å²) < 4.78 is 18.6. The predicted octanol–water partition coefficient (Wildman–Crippen LogP) is 2.19. The highest BCUT2D eigenvalue weighted by Crippen LogP contribution is 2.23. The van der Waals surface area contributed by atoms with Crippen LogP contribution in [-0.4, -0.2) is 20.6 Å². The number of carbonyl (C=O) groups excluding carboxylic acids is 1. The zero-order valence-electron chi connectivity index (χ0n) is 13.1. The van der Waals surface area contributed by atoms with Crippen LogP contribution in [0.4, 0.5) is 15.8 Å². The molecule has 3 rings (SSSR count). The lowest BCUT2D eigenvalue weighted by molar-refractivity contribution is -0.383. The molecule has 1 N–H and O–H groups in total. The Labute approximate surface area is 144 Å². The van der Waals surface area contributed by atoms with Crippen LogP contribution in [-0.2, 0) is 11.3 Å². The van der Waals surface area contributed by atoms with Crippen molar-refractivity contribution in [1.82, 2.24) is 9.78 Å². The summed E-state index contributed by atoms with van der Waals surface area (Å²) in [7, 11) is 0. The summed E-state index contributed by atoms with van der Waals surface area (Å²) in [5.74, 6) is -2.12. The van der Waals surface area contributed by atoms with Crippen molar-refractivity contribution in [2.45, 2.75) is 6.54 Å². The molecule has 2 aromatic carbocycles. The second-order valence-electron chi connectivity index (χ2n) is 5.16. The third-order valence-corrected chi connectivity index (χ3v) is 3.37. The van der Waals surface area contributed by atoms with Gasteiger partial charge in [-0.05, 0) is 30.3 Å². The zero-order chi connectivity index (χ0) is 18.7. The maximum absolute atomic E-state index is 12.9. The van der Waals surface area contributed by atoms with E-state index in [0.29, 0.717) is 5.56 Å². The molecule has 3 aromatic rings. The highest BCUT2D eigenvalue weighted by molar-refractivity contribution is 5.92. The summed E-state index contributed by atoms with van der Waals surface area (Å²) in [4.78, 5) is 34.2. The number of benzene rings is 2. The summed E-state index contributed by atoms with van der Waals surface area (Å²) in [6, 6.07) is 10.7. The summed E-state index contributed by atoms with van der Waals surface area (Å²) in [5.41, 5.74) is 0.0829. The molecule has 0 saturated heterocycles. The molecule has 0 unspecified atom stereocenters. The van der Waals surface area contributed by atoms with Crippen molar-refractivity contribution in [2.24, 2.45) is 0 Å². The van der Waals surface area contributed by atoms with Gasteiger partial charge in [0, 0.05) is 11.6 Å². The third-order valence-electron chi connectivity index (χ3n) is 3.37. The molecule has 1 aromatic heterocycles. The van der Waals surface area contributed by atoms with Crippen LogP contribution >= 0.6 is 0 Å². The van der Waals surface area contributed by atoms with E-state index in [-0.39, 0.29) is 17.3 Å². The van der Waals surface area contributed by atoms with Crippen molar-refractivity contribution < 1.29 is 18.5 Å². The standard InChI is InChI=1S/C16H11FN4O5/c17-11-7-5-10(6-8-11)15-19-20(16(23)26-15)9-14(22)18-12-3-1-2-4-13(12)21(24)25/h1-8H,9H2,(H,18,22). The van der Waals surface area contributed by atoms with Gasteiger partial charge < -0.3 is 9.73 Å².